The maximum atomic E-state index is 11.6. The van der Waals surface area contributed by atoms with Crippen molar-refractivity contribution in [2.24, 2.45) is 0 Å². The molecule has 0 aliphatic carbocycles. The molecule has 6 heteroatoms. The second-order valence-electron chi connectivity index (χ2n) is 4.59. The highest BCUT2D eigenvalue weighted by atomic mass is 32.2. The van der Waals surface area contributed by atoms with Crippen molar-refractivity contribution in [3.8, 4) is 0 Å². The number of fused-ring (bicyclic) bond motifs is 1. The normalized spacial score (nSPS) is 18.6. The Balaban J connectivity index is 1.93. The topological polar surface area (TPSA) is 53.4 Å². The van der Waals surface area contributed by atoms with E-state index in [1.54, 1.807) is 7.11 Å². The lowest BCUT2D eigenvalue weighted by Gasteiger charge is -2.09. The first kappa shape index (κ1) is 13.5. The number of para-hydroxylation sites is 2. The molecule has 3 rings (SSSR count). The number of benzene rings is 1. The predicted octanol–water partition coefficient (Wildman–Crippen LogP) is 2.09. The lowest BCUT2D eigenvalue weighted by molar-refractivity contribution is -0.137. The van der Waals surface area contributed by atoms with E-state index in [9.17, 15) is 4.79 Å². The smallest absolute Gasteiger partial charge is 0.319 e. The molecule has 1 fully saturated rings. The summed E-state index contributed by atoms with van der Waals surface area (Å²) in [5.74, 6) is -0.139. The third-order valence-corrected chi connectivity index (χ3v) is 4.51. The van der Waals surface area contributed by atoms with Crippen molar-refractivity contribution in [3.05, 3.63) is 24.3 Å². The summed E-state index contributed by atoms with van der Waals surface area (Å²) in [4.78, 5) is 16.2. The molecule has 20 heavy (non-hydrogen) atoms. The van der Waals surface area contributed by atoms with Gasteiger partial charge in [0, 0.05) is 20.1 Å². The minimum Gasteiger partial charge on any atom is -0.465 e. The molecule has 0 N–H and O–H groups in total. The first-order valence-electron chi connectivity index (χ1n) is 6.57. The fourth-order valence-corrected chi connectivity index (χ4v) is 3.35. The molecular weight excluding hydrogens is 276 g/mol. The van der Waals surface area contributed by atoms with Crippen LogP contribution in [0.3, 0.4) is 0 Å². The van der Waals surface area contributed by atoms with Crippen LogP contribution in [-0.4, -0.2) is 41.1 Å². The van der Waals surface area contributed by atoms with Gasteiger partial charge in [-0.3, -0.25) is 4.79 Å². The van der Waals surface area contributed by atoms with Crippen LogP contribution in [0, 0.1) is 0 Å². The quantitative estimate of drug-likeness (QED) is 0.790. The Hall–Kier alpha value is -1.53. The van der Waals surface area contributed by atoms with Crippen molar-refractivity contribution in [1.29, 1.82) is 0 Å². The maximum absolute atomic E-state index is 11.6. The number of carbonyl (C=O) groups excluding carboxylic acids is 1. The summed E-state index contributed by atoms with van der Waals surface area (Å²) in [5, 5.41) is 0.709. The number of ether oxygens (including phenoxy) is 2. The molecule has 1 saturated heterocycles. The average Bonchev–Trinajstić information content (AvgIpc) is 3.01. The first-order valence-corrected chi connectivity index (χ1v) is 7.45. The van der Waals surface area contributed by atoms with Gasteiger partial charge in [-0.05, 0) is 12.1 Å². The van der Waals surface area contributed by atoms with Crippen molar-refractivity contribution in [1.82, 2.24) is 9.55 Å². The predicted molar refractivity (Wildman–Crippen MR) is 76.8 cm³/mol. The molecule has 106 valence electrons. The largest absolute Gasteiger partial charge is 0.465 e. The van der Waals surface area contributed by atoms with Gasteiger partial charge in [-0.2, -0.15) is 0 Å². The Kier molecular flexibility index (Phi) is 3.93. The molecule has 1 aromatic heterocycles. The fraction of sp³-hybridized carbons (Fsp3) is 0.429. The molecule has 0 spiro atoms. The van der Waals surface area contributed by atoms with Gasteiger partial charge in [-0.15, -0.1) is 0 Å². The minimum atomic E-state index is -0.145. The number of cyclic esters (lactones) is 1. The number of nitrogens with zero attached hydrogens (tertiary/aromatic N) is 2. The van der Waals surface area contributed by atoms with E-state index < -0.39 is 0 Å². The fourth-order valence-electron chi connectivity index (χ4n) is 2.25. The molecule has 1 aromatic carbocycles. The number of hydrogen-bond acceptors (Lipinski definition) is 5. The Labute approximate surface area is 121 Å². The van der Waals surface area contributed by atoms with Gasteiger partial charge in [0.05, 0.1) is 24.2 Å². The summed E-state index contributed by atoms with van der Waals surface area (Å²) in [7, 11) is 1.68. The average molecular weight is 292 g/mol. The van der Waals surface area contributed by atoms with E-state index in [-0.39, 0.29) is 11.2 Å². The SMILES string of the molecule is COCCn1c(S[C@@H]2CCOC2=O)nc2ccccc21. The molecule has 2 heterocycles. The molecule has 0 amide bonds. The molecule has 1 aliphatic rings. The van der Waals surface area contributed by atoms with Crippen LogP contribution >= 0.6 is 11.8 Å². The van der Waals surface area contributed by atoms with Gasteiger partial charge in [0.25, 0.3) is 0 Å². The molecule has 1 atom stereocenters. The van der Waals surface area contributed by atoms with E-state index in [4.69, 9.17) is 9.47 Å². The van der Waals surface area contributed by atoms with Crippen molar-refractivity contribution < 1.29 is 14.3 Å². The second-order valence-corrected chi connectivity index (χ2v) is 5.76. The van der Waals surface area contributed by atoms with Gasteiger partial charge in [0.2, 0.25) is 0 Å². The van der Waals surface area contributed by atoms with Crippen molar-refractivity contribution in [3.63, 3.8) is 0 Å². The number of aromatic nitrogens is 2. The minimum absolute atomic E-state index is 0.139. The van der Waals surface area contributed by atoms with E-state index in [1.807, 2.05) is 24.3 Å². The van der Waals surface area contributed by atoms with E-state index in [0.29, 0.717) is 13.2 Å². The van der Waals surface area contributed by atoms with E-state index in [1.165, 1.54) is 11.8 Å². The Morgan fingerprint density at radius 1 is 1.50 bits per heavy atom. The number of carbonyl (C=O) groups is 1. The highest BCUT2D eigenvalue weighted by Crippen LogP contribution is 2.31. The first-order chi connectivity index (χ1) is 9.79. The highest BCUT2D eigenvalue weighted by molar-refractivity contribution is 8.00. The van der Waals surface area contributed by atoms with Crippen LogP contribution in [0.15, 0.2) is 29.4 Å². The molecule has 0 saturated carbocycles. The Bertz CT molecular complexity index is 626. The zero-order valence-electron chi connectivity index (χ0n) is 11.2. The zero-order chi connectivity index (χ0) is 13.9. The van der Waals surface area contributed by atoms with Crippen LogP contribution in [0.1, 0.15) is 6.42 Å². The summed E-state index contributed by atoms with van der Waals surface area (Å²) >= 11 is 1.48. The molecule has 0 bridgehead atoms. The van der Waals surface area contributed by atoms with Crippen molar-refractivity contribution in [2.75, 3.05) is 20.3 Å². The van der Waals surface area contributed by atoms with E-state index >= 15 is 0 Å². The standard InChI is InChI=1S/C14H16N2O3S/c1-18-9-7-16-11-5-3-2-4-10(11)15-14(16)20-12-6-8-19-13(12)17/h2-5,12H,6-9H2,1H3/t12-/m1/s1. The third-order valence-electron chi connectivity index (χ3n) is 3.27. The molecule has 0 unspecified atom stereocenters. The van der Waals surface area contributed by atoms with E-state index in [0.717, 1.165) is 29.2 Å². The lowest BCUT2D eigenvalue weighted by atomic mass is 10.3. The summed E-state index contributed by atoms with van der Waals surface area (Å²) in [6, 6.07) is 7.98. The summed E-state index contributed by atoms with van der Waals surface area (Å²) in [5.41, 5.74) is 2.01. The van der Waals surface area contributed by atoms with Gasteiger partial charge in [0.1, 0.15) is 5.25 Å². The summed E-state index contributed by atoms with van der Waals surface area (Å²) < 4.78 is 12.3. The number of rotatable bonds is 5. The summed E-state index contributed by atoms with van der Waals surface area (Å²) in [6.07, 6.45) is 0.747. The molecule has 1 aliphatic heterocycles. The number of methoxy groups -OCH3 is 1. The molecule has 2 aromatic rings. The van der Waals surface area contributed by atoms with Crippen LogP contribution in [0.2, 0.25) is 0 Å². The number of esters is 1. The van der Waals surface area contributed by atoms with Crippen LogP contribution < -0.4 is 0 Å². The van der Waals surface area contributed by atoms with Gasteiger partial charge >= 0.3 is 5.97 Å². The van der Waals surface area contributed by atoms with Crippen LogP contribution in [-0.2, 0) is 20.8 Å². The molecule has 0 radical (unpaired) electrons. The number of hydrogen-bond donors (Lipinski definition) is 0. The Morgan fingerprint density at radius 3 is 3.10 bits per heavy atom. The van der Waals surface area contributed by atoms with Crippen LogP contribution in [0.5, 0.6) is 0 Å². The third kappa shape index (κ3) is 2.53. The second kappa shape index (κ2) is 5.85. The van der Waals surface area contributed by atoms with Gasteiger partial charge in [0.15, 0.2) is 5.16 Å². The van der Waals surface area contributed by atoms with Crippen LogP contribution in [0.25, 0.3) is 11.0 Å². The molecule has 5 nitrogen and oxygen atoms in total. The van der Waals surface area contributed by atoms with Crippen LogP contribution in [0.4, 0.5) is 0 Å². The van der Waals surface area contributed by atoms with Gasteiger partial charge in [-0.1, -0.05) is 23.9 Å². The Morgan fingerprint density at radius 2 is 2.35 bits per heavy atom. The van der Waals surface area contributed by atoms with E-state index in [2.05, 4.69) is 9.55 Å². The van der Waals surface area contributed by atoms with Gasteiger partial charge < -0.3 is 14.0 Å². The van der Waals surface area contributed by atoms with Gasteiger partial charge in [-0.25, -0.2) is 4.98 Å². The number of thioether (sulfide) groups is 1. The van der Waals surface area contributed by atoms with Crippen molar-refractivity contribution in [2.45, 2.75) is 23.4 Å². The van der Waals surface area contributed by atoms with Crippen molar-refractivity contribution >= 4 is 28.8 Å². The summed E-state index contributed by atoms with van der Waals surface area (Å²) in [6.45, 7) is 1.85. The lowest BCUT2D eigenvalue weighted by Crippen LogP contribution is -2.12. The highest BCUT2D eigenvalue weighted by Gasteiger charge is 2.29. The maximum Gasteiger partial charge on any atom is 0.319 e. The number of imidazole rings is 1. The zero-order valence-corrected chi connectivity index (χ0v) is 12.1. The molecular formula is C14H16N2O3S. The monoisotopic (exact) mass is 292 g/mol.